The number of ether oxygens (including phenoxy) is 1. The lowest BCUT2D eigenvalue weighted by atomic mass is 10.1. The molecule has 3 aromatic carbocycles. The third-order valence-corrected chi connectivity index (χ3v) is 5.43. The van der Waals surface area contributed by atoms with Gasteiger partial charge in [0, 0.05) is 6.07 Å². The van der Waals surface area contributed by atoms with Crippen molar-refractivity contribution >= 4 is 46.9 Å². The van der Waals surface area contributed by atoms with Gasteiger partial charge in [0.15, 0.2) is 0 Å². The molecular weight excluding hydrogens is 538 g/mol. The highest BCUT2D eigenvalue weighted by atomic mass is 35.5. The molecule has 0 spiro atoms. The number of nitro benzene ring substituents is 1. The summed E-state index contributed by atoms with van der Waals surface area (Å²) in [6.45, 7) is 0. The van der Waals surface area contributed by atoms with Gasteiger partial charge in [-0.15, -0.1) is 0 Å². The van der Waals surface area contributed by atoms with Crippen LogP contribution in [0.3, 0.4) is 0 Å². The highest BCUT2D eigenvalue weighted by Gasteiger charge is 2.37. The molecule has 14 heteroatoms. The number of anilines is 1. The summed E-state index contributed by atoms with van der Waals surface area (Å²) in [7, 11) is 0. The van der Waals surface area contributed by atoms with Crippen LogP contribution in [-0.2, 0) is 15.8 Å². The van der Waals surface area contributed by atoms with Gasteiger partial charge in [0.25, 0.3) is 11.8 Å². The maximum atomic E-state index is 13.6. The van der Waals surface area contributed by atoms with Gasteiger partial charge >= 0.3 is 17.9 Å². The van der Waals surface area contributed by atoms with E-state index in [0.717, 1.165) is 24.3 Å². The molecule has 0 aromatic heterocycles. The molecule has 1 heterocycles. The summed E-state index contributed by atoms with van der Waals surface area (Å²) in [6, 6.07) is 8.92. The summed E-state index contributed by atoms with van der Waals surface area (Å²) in [4.78, 5) is 48.3. The van der Waals surface area contributed by atoms with Gasteiger partial charge in [0.2, 0.25) is 5.75 Å². The summed E-state index contributed by atoms with van der Waals surface area (Å²) in [5.74, 6) is -3.47. The van der Waals surface area contributed by atoms with E-state index >= 15 is 0 Å². The van der Waals surface area contributed by atoms with Crippen LogP contribution >= 0.6 is 11.6 Å². The molecule has 9 nitrogen and oxygen atoms in total. The number of hydrogen-bond acceptors (Lipinski definition) is 6. The minimum Gasteiger partial charge on any atom is -0.449 e. The van der Waals surface area contributed by atoms with Crippen molar-refractivity contribution < 1.29 is 41.6 Å². The minimum absolute atomic E-state index is 0.120. The maximum Gasteiger partial charge on any atom is 0.416 e. The van der Waals surface area contributed by atoms with E-state index in [-0.39, 0.29) is 22.0 Å². The number of hydrogen-bond donors (Lipinski definition) is 1. The number of carbonyl (C=O) groups excluding carboxylic acids is 3. The van der Waals surface area contributed by atoms with Gasteiger partial charge in [-0.05, 0) is 54.1 Å². The quantitative estimate of drug-likeness (QED) is 0.140. The number of nitrogens with one attached hydrogen (secondary N) is 1. The van der Waals surface area contributed by atoms with Crippen LogP contribution in [0.5, 0.6) is 11.5 Å². The van der Waals surface area contributed by atoms with Crippen LogP contribution in [0, 0.1) is 15.9 Å². The van der Waals surface area contributed by atoms with Gasteiger partial charge in [0.05, 0.1) is 21.2 Å². The number of barbiturate groups is 1. The molecule has 1 aliphatic rings. The topological polar surface area (TPSA) is 119 Å². The first-order chi connectivity index (χ1) is 17.8. The van der Waals surface area contributed by atoms with Crippen LogP contribution in [0.2, 0.25) is 5.02 Å². The average Bonchev–Trinajstić information content (AvgIpc) is 2.82. The Bertz CT molecular complexity index is 1540. The lowest BCUT2D eigenvalue weighted by Crippen LogP contribution is -2.54. The molecule has 4 amide bonds. The number of urea groups is 1. The Balaban J connectivity index is 1.64. The zero-order chi connectivity index (χ0) is 27.8. The van der Waals surface area contributed by atoms with E-state index in [1.807, 2.05) is 5.32 Å². The molecule has 0 unspecified atom stereocenters. The number of nitrogens with zero attached hydrogens (tertiary/aromatic N) is 2. The predicted octanol–water partition coefficient (Wildman–Crippen LogP) is 5.86. The van der Waals surface area contributed by atoms with E-state index in [4.69, 9.17) is 16.3 Å². The molecule has 0 aliphatic carbocycles. The van der Waals surface area contributed by atoms with Crippen molar-refractivity contribution in [3.8, 4) is 11.5 Å². The van der Waals surface area contributed by atoms with Gasteiger partial charge in [-0.1, -0.05) is 23.7 Å². The van der Waals surface area contributed by atoms with Crippen LogP contribution in [0.15, 0.2) is 66.2 Å². The first kappa shape index (κ1) is 26.3. The molecule has 1 saturated heterocycles. The van der Waals surface area contributed by atoms with Crippen molar-refractivity contribution in [2.24, 2.45) is 0 Å². The highest BCUT2D eigenvalue weighted by molar-refractivity contribution is 6.39. The normalized spacial score (nSPS) is 15.0. The van der Waals surface area contributed by atoms with Crippen LogP contribution in [-0.4, -0.2) is 22.8 Å². The summed E-state index contributed by atoms with van der Waals surface area (Å²) in [5, 5.41) is 13.1. The molecule has 3 aromatic rings. The average molecular weight is 550 g/mol. The van der Waals surface area contributed by atoms with Crippen molar-refractivity contribution in [3.05, 3.63) is 98.3 Å². The molecule has 1 aliphatic heterocycles. The van der Waals surface area contributed by atoms with E-state index in [9.17, 15) is 42.1 Å². The van der Waals surface area contributed by atoms with Crippen molar-refractivity contribution in [2.75, 3.05) is 4.90 Å². The number of amides is 4. The van der Waals surface area contributed by atoms with Gasteiger partial charge in [0.1, 0.15) is 17.1 Å². The Kier molecular flexibility index (Phi) is 6.87. The molecule has 1 N–H and O–H groups in total. The zero-order valence-electron chi connectivity index (χ0n) is 18.6. The largest absolute Gasteiger partial charge is 0.449 e. The van der Waals surface area contributed by atoms with E-state index in [1.165, 1.54) is 30.3 Å². The Morgan fingerprint density at radius 2 is 1.71 bits per heavy atom. The van der Waals surface area contributed by atoms with Gasteiger partial charge in [-0.2, -0.15) is 13.2 Å². The van der Waals surface area contributed by atoms with E-state index in [1.54, 1.807) is 0 Å². The predicted molar refractivity (Wildman–Crippen MR) is 125 cm³/mol. The van der Waals surface area contributed by atoms with Crippen molar-refractivity contribution in [1.82, 2.24) is 5.32 Å². The third-order valence-electron chi connectivity index (χ3n) is 5.14. The zero-order valence-corrected chi connectivity index (χ0v) is 19.3. The summed E-state index contributed by atoms with van der Waals surface area (Å²) < 4.78 is 57.7. The fourth-order valence-electron chi connectivity index (χ4n) is 3.40. The number of halogens is 5. The molecule has 4 rings (SSSR count). The monoisotopic (exact) mass is 549 g/mol. The maximum absolute atomic E-state index is 13.6. The van der Waals surface area contributed by atoms with Crippen molar-refractivity contribution in [2.45, 2.75) is 6.18 Å². The smallest absolute Gasteiger partial charge is 0.416 e. The summed E-state index contributed by atoms with van der Waals surface area (Å²) in [6.07, 6.45) is -3.72. The first-order valence-corrected chi connectivity index (χ1v) is 10.7. The summed E-state index contributed by atoms with van der Waals surface area (Å²) >= 11 is 6.17. The number of carbonyl (C=O) groups is 3. The molecular formula is C24H12ClF4N3O6. The lowest BCUT2D eigenvalue weighted by Gasteiger charge is -2.26. The Labute approximate surface area is 215 Å². The number of alkyl halides is 3. The molecule has 38 heavy (non-hydrogen) atoms. The van der Waals surface area contributed by atoms with Gasteiger partial charge < -0.3 is 4.74 Å². The molecule has 0 radical (unpaired) electrons. The molecule has 0 atom stereocenters. The van der Waals surface area contributed by atoms with Crippen LogP contribution in [0.4, 0.5) is 33.7 Å². The molecule has 0 bridgehead atoms. The molecule has 1 fully saturated rings. The van der Waals surface area contributed by atoms with Crippen LogP contribution in [0.25, 0.3) is 6.08 Å². The number of benzene rings is 3. The van der Waals surface area contributed by atoms with E-state index in [2.05, 4.69) is 0 Å². The van der Waals surface area contributed by atoms with Crippen LogP contribution in [0.1, 0.15) is 11.1 Å². The first-order valence-electron chi connectivity index (χ1n) is 10.3. The standard InChI is InChI=1S/C24H12ClF4N3O6/c25-17-9-12(4-6-19(17)38-20-7-5-13(24(27,28)29)10-18(20)32(36)37)8-16-21(33)30-23(35)31(22(16)34)15-3-1-2-14(26)11-15/h1-11H,(H,30,33,35)/b16-8+. The third kappa shape index (κ3) is 5.32. The molecule has 0 saturated carbocycles. The van der Waals surface area contributed by atoms with Gasteiger partial charge in [-0.25, -0.2) is 14.1 Å². The van der Waals surface area contributed by atoms with Crippen molar-refractivity contribution in [3.63, 3.8) is 0 Å². The number of rotatable bonds is 5. The summed E-state index contributed by atoms with van der Waals surface area (Å²) in [5.41, 5.74) is -2.64. The minimum atomic E-state index is -4.81. The van der Waals surface area contributed by atoms with Gasteiger partial charge in [-0.3, -0.25) is 25.0 Å². The van der Waals surface area contributed by atoms with Crippen LogP contribution < -0.4 is 15.0 Å². The highest BCUT2D eigenvalue weighted by Crippen LogP contribution is 2.39. The van der Waals surface area contributed by atoms with Crippen molar-refractivity contribution in [1.29, 1.82) is 0 Å². The Hall–Kier alpha value is -4.78. The Morgan fingerprint density at radius 3 is 2.34 bits per heavy atom. The number of imide groups is 2. The lowest BCUT2D eigenvalue weighted by molar-refractivity contribution is -0.385. The second-order valence-corrected chi connectivity index (χ2v) is 8.07. The fourth-order valence-corrected chi connectivity index (χ4v) is 3.63. The SMILES string of the molecule is O=C1NC(=O)N(c2cccc(F)c2)C(=O)/C1=C/c1ccc(Oc2ccc(C(F)(F)F)cc2[N+](=O)[O-])c(Cl)c1. The number of nitro groups is 1. The second-order valence-electron chi connectivity index (χ2n) is 7.67. The fraction of sp³-hybridized carbons (Fsp3) is 0.0417. The van der Waals surface area contributed by atoms with E-state index in [0.29, 0.717) is 17.0 Å². The molecule has 194 valence electrons. The Morgan fingerprint density at radius 1 is 1.00 bits per heavy atom. The van der Waals surface area contributed by atoms with E-state index < -0.39 is 57.3 Å². The second kappa shape index (κ2) is 9.94.